The summed E-state index contributed by atoms with van der Waals surface area (Å²) in [5.74, 6) is -1.20. The summed E-state index contributed by atoms with van der Waals surface area (Å²) in [6.45, 7) is 2.42. The molecule has 38 heavy (non-hydrogen) atoms. The molecule has 0 unspecified atom stereocenters. The standard InChI is InChI=1S/C25H26F2N6O4S/c26-18-12-19(27)14-20(13-18)32-25(34)23(37-21-5-1-2-6-21)22(15-29-32)30-8-10-31(11-9-30)38-16-17-4-3-7-28-24(17)33(35)36/h3-4,7,12-15,21H,1-2,5-6,8-11,16H2. The molecule has 1 aliphatic carbocycles. The Bertz CT molecular complexity index is 1360. The number of nitrogens with zero attached hydrogens (tertiary/aromatic N) is 6. The van der Waals surface area contributed by atoms with E-state index in [1.165, 1.54) is 24.3 Å². The maximum absolute atomic E-state index is 13.8. The van der Waals surface area contributed by atoms with Gasteiger partial charge in [-0.1, -0.05) is 11.9 Å². The second-order valence-corrected chi connectivity index (χ2v) is 10.2. The van der Waals surface area contributed by atoms with E-state index in [-0.39, 0.29) is 23.4 Å². The Morgan fingerprint density at radius 3 is 2.50 bits per heavy atom. The molecule has 5 rings (SSSR count). The van der Waals surface area contributed by atoms with Crippen LogP contribution in [0, 0.1) is 21.7 Å². The Balaban J connectivity index is 1.34. The molecule has 0 spiro atoms. The van der Waals surface area contributed by atoms with Crippen molar-refractivity contribution in [1.29, 1.82) is 0 Å². The zero-order valence-corrected chi connectivity index (χ0v) is 21.3. The van der Waals surface area contributed by atoms with Crippen LogP contribution in [0.4, 0.5) is 20.3 Å². The molecule has 0 bridgehead atoms. The highest BCUT2D eigenvalue weighted by molar-refractivity contribution is 7.96. The van der Waals surface area contributed by atoms with Crippen LogP contribution < -0.4 is 15.2 Å². The molecule has 200 valence electrons. The van der Waals surface area contributed by atoms with E-state index < -0.39 is 22.1 Å². The van der Waals surface area contributed by atoms with E-state index in [4.69, 9.17) is 4.74 Å². The van der Waals surface area contributed by atoms with E-state index in [0.29, 0.717) is 43.2 Å². The molecule has 1 saturated heterocycles. The number of rotatable bonds is 8. The molecular formula is C25H26F2N6O4S. The first-order valence-corrected chi connectivity index (χ1v) is 13.3. The van der Waals surface area contributed by atoms with Crippen LogP contribution in [0.15, 0.2) is 47.5 Å². The summed E-state index contributed by atoms with van der Waals surface area (Å²) in [4.78, 5) is 30.1. The highest BCUT2D eigenvalue weighted by atomic mass is 32.2. The molecule has 1 aliphatic heterocycles. The second kappa shape index (κ2) is 11.4. The number of halogens is 2. The molecule has 1 aromatic carbocycles. The number of hydrogen-bond acceptors (Lipinski definition) is 9. The van der Waals surface area contributed by atoms with E-state index >= 15 is 0 Å². The summed E-state index contributed by atoms with van der Waals surface area (Å²) in [5.41, 5.74) is 0.516. The fourth-order valence-electron chi connectivity index (χ4n) is 4.71. The van der Waals surface area contributed by atoms with Crippen LogP contribution >= 0.6 is 11.9 Å². The van der Waals surface area contributed by atoms with Gasteiger partial charge in [-0.3, -0.25) is 4.79 Å². The van der Waals surface area contributed by atoms with Crippen LogP contribution in [-0.4, -0.2) is 56.3 Å². The maximum Gasteiger partial charge on any atom is 0.367 e. The van der Waals surface area contributed by atoms with Gasteiger partial charge in [-0.05, 0) is 59.9 Å². The number of anilines is 1. The third-order valence-electron chi connectivity index (χ3n) is 6.62. The van der Waals surface area contributed by atoms with Gasteiger partial charge in [-0.2, -0.15) is 9.78 Å². The molecule has 0 N–H and O–H groups in total. The minimum atomic E-state index is -0.804. The van der Waals surface area contributed by atoms with Crippen molar-refractivity contribution >= 4 is 23.5 Å². The first-order chi connectivity index (χ1) is 18.4. The molecule has 13 heteroatoms. The molecule has 2 aliphatic rings. The Hall–Kier alpha value is -3.58. The van der Waals surface area contributed by atoms with E-state index in [9.17, 15) is 23.7 Å². The lowest BCUT2D eigenvalue weighted by Gasteiger charge is -2.35. The number of ether oxygens (including phenoxy) is 1. The number of hydrogen-bond donors (Lipinski definition) is 0. The second-order valence-electron chi connectivity index (χ2n) is 9.16. The lowest BCUT2D eigenvalue weighted by molar-refractivity contribution is -0.390. The predicted molar refractivity (Wildman–Crippen MR) is 139 cm³/mol. The van der Waals surface area contributed by atoms with Crippen LogP contribution in [0.3, 0.4) is 0 Å². The molecule has 2 fully saturated rings. The van der Waals surface area contributed by atoms with Gasteiger partial charge in [0.05, 0.1) is 23.6 Å². The average molecular weight is 545 g/mol. The zero-order valence-electron chi connectivity index (χ0n) is 20.5. The van der Waals surface area contributed by atoms with E-state index in [1.54, 1.807) is 12.1 Å². The van der Waals surface area contributed by atoms with Gasteiger partial charge in [-0.15, -0.1) is 0 Å². The summed E-state index contributed by atoms with van der Waals surface area (Å²) < 4.78 is 37.0. The van der Waals surface area contributed by atoms with Crippen molar-refractivity contribution in [1.82, 2.24) is 19.1 Å². The van der Waals surface area contributed by atoms with Gasteiger partial charge in [-0.25, -0.2) is 13.1 Å². The van der Waals surface area contributed by atoms with Gasteiger partial charge in [0.25, 0.3) is 0 Å². The van der Waals surface area contributed by atoms with Crippen molar-refractivity contribution in [3.05, 3.63) is 80.4 Å². The summed E-state index contributed by atoms with van der Waals surface area (Å²) in [6, 6.07) is 6.23. The van der Waals surface area contributed by atoms with Crippen molar-refractivity contribution in [3.8, 4) is 11.4 Å². The largest absolute Gasteiger partial charge is 0.483 e. The van der Waals surface area contributed by atoms with Crippen molar-refractivity contribution in [2.75, 3.05) is 31.1 Å². The highest BCUT2D eigenvalue weighted by Gasteiger charge is 2.27. The van der Waals surface area contributed by atoms with Gasteiger partial charge in [0, 0.05) is 38.0 Å². The fourth-order valence-corrected chi connectivity index (χ4v) is 5.68. The summed E-state index contributed by atoms with van der Waals surface area (Å²) in [7, 11) is 0. The summed E-state index contributed by atoms with van der Waals surface area (Å²) >= 11 is 1.49. The molecular weight excluding hydrogens is 518 g/mol. The molecule has 0 atom stereocenters. The third kappa shape index (κ3) is 5.78. The Labute approximate surface area is 221 Å². The van der Waals surface area contributed by atoms with Gasteiger partial charge >= 0.3 is 11.4 Å². The fraction of sp³-hybridized carbons (Fsp3) is 0.400. The molecule has 0 radical (unpaired) electrons. The lowest BCUT2D eigenvalue weighted by atomic mass is 10.2. The van der Waals surface area contributed by atoms with Crippen molar-refractivity contribution in [2.45, 2.75) is 37.5 Å². The van der Waals surface area contributed by atoms with Gasteiger partial charge in [0.15, 0.2) is 0 Å². The molecule has 3 aromatic rings. The van der Waals surface area contributed by atoms with Crippen LogP contribution in [-0.2, 0) is 5.75 Å². The van der Waals surface area contributed by atoms with Gasteiger partial charge in [0.2, 0.25) is 5.75 Å². The lowest BCUT2D eigenvalue weighted by Crippen LogP contribution is -2.44. The van der Waals surface area contributed by atoms with Gasteiger partial charge < -0.3 is 19.8 Å². The van der Waals surface area contributed by atoms with Crippen LogP contribution in [0.2, 0.25) is 0 Å². The highest BCUT2D eigenvalue weighted by Crippen LogP contribution is 2.31. The first kappa shape index (κ1) is 26.0. The minimum absolute atomic E-state index is 0.0129. The summed E-state index contributed by atoms with van der Waals surface area (Å²) in [5, 5.41) is 15.5. The average Bonchev–Trinajstić information content (AvgIpc) is 3.42. The maximum atomic E-state index is 13.8. The van der Waals surface area contributed by atoms with Crippen LogP contribution in [0.1, 0.15) is 31.2 Å². The number of piperazine rings is 1. The molecule has 3 heterocycles. The van der Waals surface area contributed by atoms with E-state index in [0.717, 1.165) is 48.6 Å². The molecule has 10 nitrogen and oxygen atoms in total. The number of nitro groups is 1. The SMILES string of the molecule is O=c1c(OC2CCCC2)c(N2CCN(SCc3cccnc3[N+](=O)[O-])CC2)cnn1-c1cc(F)cc(F)c1. The minimum Gasteiger partial charge on any atom is -0.483 e. The zero-order chi connectivity index (χ0) is 26.6. The van der Waals surface area contributed by atoms with E-state index in [2.05, 4.69) is 14.4 Å². The van der Waals surface area contributed by atoms with Crippen molar-refractivity contribution in [3.63, 3.8) is 0 Å². The topological polar surface area (TPSA) is 107 Å². The van der Waals surface area contributed by atoms with Gasteiger partial charge in [0.1, 0.15) is 23.5 Å². The molecule has 0 amide bonds. The Morgan fingerprint density at radius 2 is 1.82 bits per heavy atom. The molecule has 1 saturated carbocycles. The Kier molecular flexibility index (Phi) is 7.84. The van der Waals surface area contributed by atoms with Crippen LogP contribution in [0.25, 0.3) is 5.69 Å². The van der Waals surface area contributed by atoms with E-state index in [1.807, 2.05) is 4.90 Å². The van der Waals surface area contributed by atoms with Crippen molar-refractivity contribution in [2.24, 2.45) is 0 Å². The van der Waals surface area contributed by atoms with Crippen molar-refractivity contribution < 1.29 is 18.4 Å². The smallest absolute Gasteiger partial charge is 0.367 e. The third-order valence-corrected chi connectivity index (χ3v) is 7.79. The number of aromatic nitrogens is 3. The number of benzene rings is 1. The predicted octanol–water partition coefficient (Wildman–Crippen LogP) is 4.11. The Morgan fingerprint density at radius 1 is 1.11 bits per heavy atom. The first-order valence-electron chi connectivity index (χ1n) is 12.4. The number of pyridine rings is 1. The normalized spacial score (nSPS) is 16.6. The quantitative estimate of drug-likeness (QED) is 0.235. The monoisotopic (exact) mass is 544 g/mol. The molecule has 2 aromatic heterocycles. The van der Waals surface area contributed by atoms with Crippen LogP contribution in [0.5, 0.6) is 5.75 Å². The summed E-state index contributed by atoms with van der Waals surface area (Å²) in [6.07, 6.45) is 6.51.